The van der Waals surface area contributed by atoms with Crippen LogP contribution < -0.4 is 21.3 Å². The summed E-state index contributed by atoms with van der Waals surface area (Å²) in [7, 11) is 0. The Bertz CT molecular complexity index is 3220. The normalized spacial score (nSPS) is 12.9. The van der Waals surface area contributed by atoms with E-state index in [2.05, 4.69) is 199 Å². The van der Waals surface area contributed by atoms with Crippen molar-refractivity contribution in [3.8, 4) is 22.5 Å². The molecule has 0 radical (unpaired) electrons. The zero-order valence-corrected chi connectivity index (χ0v) is 31.0. The molecular formula is C51H36BN3. The molecule has 0 amide bonds. The van der Waals surface area contributed by atoms with Gasteiger partial charge in [-0.15, -0.1) is 0 Å². The van der Waals surface area contributed by atoms with Crippen molar-refractivity contribution in [1.82, 2.24) is 9.13 Å². The van der Waals surface area contributed by atoms with Crippen molar-refractivity contribution in [3.05, 3.63) is 180 Å². The van der Waals surface area contributed by atoms with Crippen LogP contribution in [0.25, 0.3) is 66.1 Å². The molecule has 12 rings (SSSR count). The molecule has 0 unspecified atom stereocenters. The Balaban J connectivity index is 1.16. The molecule has 55 heavy (non-hydrogen) atoms. The molecule has 258 valence electrons. The van der Waals surface area contributed by atoms with Gasteiger partial charge in [-0.2, -0.15) is 0 Å². The van der Waals surface area contributed by atoms with Crippen LogP contribution in [0.3, 0.4) is 0 Å². The van der Waals surface area contributed by atoms with Crippen LogP contribution in [0.15, 0.2) is 164 Å². The van der Waals surface area contributed by atoms with Gasteiger partial charge in [0.05, 0.1) is 22.1 Å². The van der Waals surface area contributed by atoms with Gasteiger partial charge in [0.15, 0.2) is 0 Å². The first-order valence-corrected chi connectivity index (χ1v) is 19.3. The molecule has 0 fully saturated rings. The lowest BCUT2D eigenvalue weighted by atomic mass is 9.34. The highest BCUT2D eigenvalue weighted by molar-refractivity contribution is 7.00. The first-order valence-electron chi connectivity index (χ1n) is 19.3. The highest BCUT2D eigenvalue weighted by Gasteiger charge is 2.41. The molecule has 2 aliphatic rings. The predicted octanol–water partition coefficient (Wildman–Crippen LogP) is 11.1. The zero-order valence-electron chi connectivity index (χ0n) is 31.0. The van der Waals surface area contributed by atoms with E-state index in [1.807, 2.05) is 0 Å². The number of benzene rings is 8. The average molecular weight is 702 g/mol. The molecular weight excluding hydrogens is 665 g/mol. The predicted molar refractivity (Wildman–Crippen MR) is 234 cm³/mol. The lowest BCUT2D eigenvalue weighted by molar-refractivity contribution is 1.17. The molecule has 4 heteroatoms. The molecule has 4 heterocycles. The molecule has 0 spiro atoms. The van der Waals surface area contributed by atoms with Gasteiger partial charge in [0.1, 0.15) is 0 Å². The van der Waals surface area contributed by atoms with Crippen molar-refractivity contribution in [3.63, 3.8) is 0 Å². The van der Waals surface area contributed by atoms with E-state index < -0.39 is 0 Å². The number of aromatic nitrogens is 2. The van der Waals surface area contributed by atoms with Gasteiger partial charge in [0.25, 0.3) is 6.71 Å². The van der Waals surface area contributed by atoms with Crippen LogP contribution in [0.4, 0.5) is 17.1 Å². The standard InChI is InChI=1S/C51H36BN3/c1-31-27-32(2)49(33(3)28-31)34-21-23-36(24-22-34)53-43-18-10-7-15-37(43)39-29-40-38-25-26-46-50-51(38)55(48(40)30-47(39)53)45-20-12-9-17-42(45)52(50)41-16-8-11-19-44(41)54(46)35-13-5-4-6-14-35/h4-30H,1-3H3. The molecule has 2 aliphatic heterocycles. The number of para-hydroxylation sites is 4. The molecule has 0 atom stereocenters. The van der Waals surface area contributed by atoms with Gasteiger partial charge >= 0.3 is 0 Å². The number of aryl methyl sites for hydroxylation is 3. The van der Waals surface area contributed by atoms with Crippen LogP contribution in [-0.4, -0.2) is 15.8 Å². The van der Waals surface area contributed by atoms with Crippen LogP contribution in [0.5, 0.6) is 0 Å². The monoisotopic (exact) mass is 701 g/mol. The second-order valence-electron chi connectivity index (χ2n) is 15.5. The smallest absolute Gasteiger partial charge is 0.252 e. The first kappa shape index (κ1) is 30.7. The summed E-state index contributed by atoms with van der Waals surface area (Å²) in [5.74, 6) is 0. The van der Waals surface area contributed by atoms with Crippen molar-refractivity contribution in [1.29, 1.82) is 0 Å². The molecule has 0 N–H and O–H groups in total. The summed E-state index contributed by atoms with van der Waals surface area (Å²) in [6, 6.07) is 61.3. The lowest BCUT2D eigenvalue weighted by Gasteiger charge is -2.39. The number of fused-ring (bicyclic) bond motifs is 11. The molecule has 3 nitrogen and oxygen atoms in total. The van der Waals surface area contributed by atoms with E-state index in [9.17, 15) is 0 Å². The number of anilines is 3. The summed E-state index contributed by atoms with van der Waals surface area (Å²) in [6.45, 7) is 6.76. The Labute approximate surface area is 320 Å². The SMILES string of the molecule is Cc1cc(C)c(-c2ccc(-n3c4ccccc4c4cc5c6ccc7c8c6n(c5cc43)-c3ccccc3B8c3ccccc3N7c3ccccc3)cc2)c(C)c1. The first-order chi connectivity index (χ1) is 27.0. The average Bonchev–Trinajstić information content (AvgIpc) is 3.72. The number of hydrogen-bond donors (Lipinski definition) is 0. The van der Waals surface area contributed by atoms with Crippen LogP contribution >= 0.6 is 0 Å². The van der Waals surface area contributed by atoms with Gasteiger partial charge in [0.2, 0.25) is 0 Å². The summed E-state index contributed by atoms with van der Waals surface area (Å²) in [5, 5.41) is 5.13. The van der Waals surface area contributed by atoms with Gasteiger partial charge in [-0.05, 0) is 120 Å². The van der Waals surface area contributed by atoms with Gasteiger partial charge in [0, 0.05) is 50.0 Å². The van der Waals surface area contributed by atoms with Crippen molar-refractivity contribution in [2.24, 2.45) is 0 Å². The lowest BCUT2D eigenvalue weighted by Crippen LogP contribution is -2.60. The largest absolute Gasteiger partial charge is 0.311 e. The van der Waals surface area contributed by atoms with Crippen molar-refractivity contribution in [2.45, 2.75) is 20.8 Å². The Morgan fingerprint density at radius 3 is 1.84 bits per heavy atom. The molecule has 8 aromatic carbocycles. The molecule has 0 aliphatic carbocycles. The third-order valence-corrected chi connectivity index (χ3v) is 12.4. The fourth-order valence-electron chi connectivity index (χ4n) is 10.3. The quantitative estimate of drug-likeness (QED) is 0.167. The number of hydrogen-bond acceptors (Lipinski definition) is 1. The molecule has 0 saturated heterocycles. The third-order valence-electron chi connectivity index (χ3n) is 12.4. The Hall–Kier alpha value is -6.78. The Kier molecular flexibility index (Phi) is 6.20. The maximum absolute atomic E-state index is 2.57. The summed E-state index contributed by atoms with van der Waals surface area (Å²) in [5.41, 5.74) is 21.7. The minimum absolute atomic E-state index is 0.131. The van der Waals surface area contributed by atoms with E-state index in [0.717, 1.165) is 0 Å². The van der Waals surface area contributed by atoms with Gasteiger partial charge in [-0.3, -0.25) is 0 Å². The molecule has 2 aromatic heterocycles. The van der Waals surface area contributed by atoms with Crippen LogP contribution in [0.2, 0.25) is 0 Å². The maximum Gasteiger partial charge on any atom is 0.252 e. The van der Waals surface area contributed by atoms with E-state index in [1.165, 1.54) is 116 Å². The van der Waals surface area contributed by atoms with Crippen molar-refractivity contribution < 1.29 is 0 Å². The van der Waals surface area contributed by atoms with E-state index in [1.54, 1.807) is 0 Å². The summed E-state index contributed by atoms with van der Waals surface area (Å²) >= 11 is 0. The highest BCUT2D eigenvalue weighted by Crippen LogP contribution is 2.44. The van der Waals surface area contributed by atoms with Crippen LogP contribution in [0, 0.1) is 20.8 Å². The fraction of sp³-hybridized carbons (Fsp3) is 0.0588. The fourth-order valence-corrected chi connectivity index (χ4v) is 10.3. The van der Waals surface area contributed by atoms with Crippen molar-refractivity contribution >= 4 is 83.8 Å². The van der Waals surface area contributed by atoms with Gasteiger partial charge in [-0.25, -0.2) is 0 Å². The Morgan fingerprint density at radius 1 is 0.418 bits per heavy atom. The Morgan fingerprint density at radius 2 is 1.05 bits per heavy atom. The van der Waals surface area contributed by atoms with Gasteiger partial charge in [-0.1, -0.05) is 109 Å². The highest BCUT2D eigenvalue weighted by atomic mass is 15.2. The number of nitrogens with zero attached hydrogens (tertiary/aromatic N) is 3. The molecule has 10 aromatic rings. The maximum atomic E-state index is 2.57. The minimum atomic E-state index is 0.131. The summed E-state index contributed by atoms with van der Waals surface area (Å²) in [6.07, 6.45) is 0. The van der Waals surface area contributed by atoms with Crippen LogP contribution in [-0.2, 0) is 0 Å². The molecule has 0 saturated carbocycles. The topological polar surface area (TPSA) is 13.1 Å². The van der Waals surface area contributed by atoms with E-state index in [0.29, 0.717) is 0 Å². The summed E-state index contributed by atoms with van der Waals surface area (Å²) < 4.78 is 5.04. The molecule has 0 bridgehead atoms. The summed E-state index contributed by atoms with van der Waals surface area (Å²) in [4.78, 5) is 2.47. The van der Waals surface area contributed by atoms with Crippen LogP contribution in [0.1, 0.15) is 16.7 Å². The third kappa shape index (κ3) is 4.11. The number of rotatable bonds is 3. The van der Waals surface area contributed by atoms with E-state index in [-0.39, 0.29) is 6.71 Å². The van der Waals surface area contributed by atoms with Crippen molar-refractivity contribution in [2.75, 3.05) is 4.90 Å². The van der Waals surface area contributed by atoms with E-state index in [4.69, 9.17) is 0 Å². The second-order valence-corrected chi connectivity index (χ2v) is 15.5. The minimum Gasteiger partial charge on any atom is -0.311 e. The zero-order chi connectivity index (χ0) is 36.5. The second kappa shape index (κ2) is 11.1. The van der Waals surface area contributed by atoms with Gasteiger partial charge < -0.3 is 14.0 Å². The van der Waals surface area contributed by atoms with E-state index >= 15 is 0 Å².